The van der Waals surface area contributed by atoms with Gasteiger partial charge >= 0.3 is 5.97 Å². The van der Waals surface area contributed by atoms with Gasteiger partial charge in [0.15, 0.2) is 0 Å². The van der Waals surface area contributed by atoms with Crippen LogP contribution in [0.4, 0.5) is 4.39 Å². The number of nitrogens with zero attached hydrogens (tertiary/aromatic N) is 1. The largest absolute Gasteiger partial charge is 0.508 e. The van der Waals surface area contributed by atoms with Crippen molar-refractivity contribution in [3.05, 3.63) is 53.3 Å². The van der Waals surface area contributed by atoms with Crippen molar-refractivity contribution in [3.63, 3.8) is 0 Å². The zero-order chi connectivity index (χ0) is 20.4. The van der Waals surface area contributed by atoms with Crippen LogP contribution >= 0.6 is 0 Å². The number of likely N-dealkylation sites (tertiary alicyclic amines) is 1. The highest BCUT2D eigenvalue weighted by molar-refractivity contribution is 6.10. The van der Waals surface area contributed by atoms with Crippen LogP contribution in [0.1, 0.15) is 42.1 Å². The molecule has 0 radical (unpaired) electrons. The van der Waals surface area contributed by atoms with Crippen LogP contribution in [0.15, 0.2) is 40.8 Å². The molecule has 29 heavy (non-hydrogen) atoms. The Morgan fingerprint density at radius 3 is 2.55 bits per heavy atom. The molecule has 1 aliphatic rings. The third-order valence-electron chi connectivity index (χ3n) is 5.36. The van der Waals surface area contributed by atoms with E-state index in [0.29, 0.717) is 34.4 Å². The van der Waals surface area contributed by atoms with Crippen LogP contribution in [-0.2, 0) is 11.3 Å². The molecule has 1 aromatic heterocycles. The SMILES string of the molecule is CCOC(=O)c1c(-c2ccc(F)cc2)oc2ccc(O)c(CN3CCCCC3)c12. The molecular formula is C23H24FNO4. The van der Waals surface area contributed by atoms with Gasteiger partial charge in [-0.15, -0.1) is 0 Å². The third kappa shape index (κ3) is 3.85. The summed E-state index contributed by atoms with van der Waals surface area (Å²) in [6, 6.07) is 9.03. The Bertz CT molecular complexity index is 1020. The maximum atomic E-state index is 13.4. The number of aromatic hydroxyl groups is 1. The minimum atomic E-state index is -0.518. The maximum absolute atomic E-state index is 13.4. The van der Waals surface area contributed by atoms with Gasteiger partial charge in [-0.3, -0.25) is 4.90 Å². The van der Waals surface area contributed by atoms with Gasteiger partial charge in [-0.05, 0) is 69.3 Å². The number of rotatable bonds is 5. The average molecular weight is 397 g/mol. The van der Waals surface area contributed by atoms with Crippen LogP contribution in [0.3, 0.4) is 0 Å². The predicted molar refractivity (Wildman–Crippen MR) is 108 cm³/mol. The highest BCUT2D eigenvalue weighted by Gasteiger charge is 2.27. The number of hydrogen-bond donors (Lipinski definition) is 1. The molecule has 0 unspecified atom stereocenters. The van der Waals surface area contributed by atoms with Crippen molar-refractivity contribution in [2.75, 3.05) is 19.7 Å². The van der Waals surface area contributed by atoms with Crippen molar-refractivity contribution in [1.82, 2.24) is 4.90 Å². The normalized spacial score (nSPS) is 15.0. The molecule has 0 spiro atoms. The van der Waals surface area contributed by atoms with Crippen molar-refractivity contribution < 1.29 is 23.4 Å². The number of carbonyl (C=O) groups excluding carboxylic acids is 1. The molecule has 152 valence electrons. The standard InChI is InChI=1S/C23H24FNO4/c1-2-28-23(27)21-20-17(14-25-12-4-3-5-13-25)18(26)10-11-19(20)29-22(21)15-6-8-16(24)9-7-15/h6-11,26H,2-5,12-14H2,1H3. The Balaban J connectivity index is 1.90. The van der Waals surface area contributed by atoms with Gasteiger partial charge in [0.25, 0.3) is 0 Å². The summed E-state index contributed by atoms with van der Waals surface area (Å²) in [6.07, 6.45) is 3.45. The number of ether oxygens (including phenoxy) is 1. The summed E-state index contributed by atoms with van der Waals surface area (Å²) >= 11 is 0. The molecule has 4 rings (SSSR count). The predicted octanol–water partition coefficient (Wildman–Crippen LogP) is 5.11. The van der Waals surface area contributed by atoms with E-state index in [1.807, 2.05) is 0 Å². The summed E-state index contributed by atoms with van der Waals surface area (Å²) in [5, 5.41) is 11.2. The Hall–Kier alpha value is -2.86. The molecule has 0 atom stereocenters. The molecule has 0 saturated carbocycles. The maximum Gasteiger partial charge on any atom is 0.342 e. The number of hydrogen-bond acceptors (Lipinski definition) is 5. The quantitative estimate of drug-likeness (QED) is 0.607. The zero-order valence-electron chi connectivity index (χ0n) is 16.4. The second-order valence-corrected chi connectivity index (χ2v) is 7.31. The van der Waals surface area contributed by atoms with Crippen LogP contribution in [0, 0.1) is 5.82 Å². The topological polar surface area (TPSA) is 62.9 Å². The second-order valence-electron chi connectivity index (χ2n) is 7.31. The van der Waals surface area contributed by atoms with Crippen molar-refractivity contribution in [1.29, 1.82) is 0 Å². The minimum absolute atomic E-state index is 0.125. The molecule has 2 aromatic carbocycles. The molecule has 2 heterocycles. The number of piperidine rings is 1. The summed E-state index contributed by atoms with van der Waals surface area (Å²) in [6.45, 7) is 4.39. The van der Waals surface area contributed by atoms with Gasteiger partial charge in [0.1, 0.15) is 28.5 Å². The first kappa shape index (κ1) is 19.5. The lowest BCUT2D eigenvalue weighted by Crippen LogP contribution is -2.29. The van der Waals surface area contributed by atoms with Crippen molar-refractivity contribution in [3.8, 4) is 17.1 Å². The van der Waals surface area contributed by atoms with E-state index in [0.717, 1.165) is 25.9 Å². The fourth-order valence-electron chi connectivity index (χ4n) is 3.95. The number of furan rings is 1. The van der Waals surface area contributed by atoms with Gasteiger partial charge in [-0.1, -0.05) is 6.42 Å². The molecule has 0 amide bonds. The monoisotopic (exact) mass is 397 g/mol. The van der Waals surface area contributed by atoms with Crippen LogP contribution in [0.5, 0.6) is 5.75 Å². The number of phenols is 1. The van der Waals surface area contributed by atoms with Crippen molar-refractivity contribution >= 4 is 16.9 Å². The smallest absolute Gasteiger partial charge is 0.342 e. The first-order valence-electron chi connectivity index (χ1n) is 10.0. The Labute approximate surface area is 168 Å². The lowest BCUT2D eigenvalue weighted by molar-refractivity contribution is 0.0528. The van der Waals surface area contributed by atoms with Gasteiger partial charge in [0, 0.05) is 23.1 Å². The molecule has 1 N–H and O–H groups in total. The Kier molecular flexibility index (Phi) is 5.53. The average Bonchev–Trinajstić information content (AvgIpc) is 3.11. The van der Waals surface area contributed by atoms with Crippen LogP contribution in [0.2, 0.25) is 0 Å². The first-order valence-corrected chi connectivity index (χ1v) is 10.0. The van der Waals surface area contributed by atoms with Crippen LogP contribution < -0.4 is 0 Å². The van der Waals surface area contributed by atoms with Crippen LogP contribution in [-0.4, -0.2) is 35.7 Å². The van der Waals surface area contributed by atoms with Crippen molar-refractivity contribution in [2.45, 2.75) is 32.7 Å². The van der Waals surface area contributed by atoms with E-state index in [4.69, 9.17) is 9.15 Å². The van der Waals surface area contributed by atoms with Gasteiger partial charge in [0.2, 0.25) is 0 Å². The fraction of sp³-hybridized carbons (Fsp3) is 0.348. The van der Waals surface area contributed by atoms with E-state index in [1.165, 1.54) is 18.6 Å². The molecule has 1 aliphatic heterocycles. The molecule has 6 heteroatoms. The second kappa shape index (κ2) is 8.25. The highest BCUT2D eigenvalue weighted by Crippen LogP contribution is 2.39. The van der Waals surface area contributed by atoms with E-state index >= 15 is 0 Å². The molecule has 0 aliphatic carbocycles. The number of benzene rings is 2. The van der Waals surface area contributed by atoms with Gasteiger partial charge < -0.3 is 14.3 Å². The van der Waals surface area contributed by atoms with E-state index in [2.05, 4.69) is 4.90 Å². The zero-order valence-corrected chi connectivity index (χ0v) is 16.4. The summed E-state index contributed by atoms with van der Waals surface area (Å²) < 4.78 is 24.7. The summed E-state index contributed by atoms with van der Waals surface area (Å²) in [7, 11) is 0. The Morgan fingerprint density at radius 1 is 1.14 bits per heavy atom. The van der Waals surface area contributed by atoms with E-state index in [9.17, 15) is 14.3 Å². The highest BCUT2D eigenvalue weighted by atomic mass is 19.1. The molecular weight excluding hydrogens is 373 g/mol. The first-order chi connectivity index (χ1) is 14.1. The van der Waals surface area contributed by atoms with Gasteiger partial charge in [-0.25, -0.2) is 9.18 Å². The minimum Gasteiger partial charge on any atom is -0.508 e. The van der Waals surface area contributed by atoms with Gasteiger partial charge in [-0.2, -0.15) is 0 Å². The number of halogens is 1. The fourth-order valence-corrected chi connectivity index (χ4v) is 3.95. The van der Waals surface area contributed by atoms with Crippen LogP contribution in [0.25, 0.3) is 22.3 Å². The summed E-state index contributed by atoms with van der Waals surface area (Å²) in [5.74, 6) is -0.439. The van der Waals surface area contributed by atoms with Crippen molar-refractivity contribution in [2.24, 2.45) is 0 Å². The molecule has 5 nitrogen and oxygen atoms in total. The number of phenolic OH excluding ortho intramolecular Hbond substituents is 1. The molecule has 3 aromatic rings. The third-order valence-corrected chi connectivity index (χ3v) is 5.36. The lowest BCUT2D eigenvalue weighted by Gasteiger charge is -2.27. The molecule has 1 saturated heterocycles. The molecule has 1 fully saturated rings. The lowest BCUT2D eigenvalue weighted by atomic mass is 10.00. The molecule has 0 bridgehead atoms. The van der Waals surface area contributed by atoms with Gasteiger partial charge in [0.05, 0.1) is 6.61 Å². The Morgan fingerprint density at radius 2 is 1.86 bits per heavy atom. The number of carbonyl (C=O) groups is 1. The van der Waals surface area contributed by atoms with E-state index in [-0.39, 0.29) is 23.7 Å². The summed E-state index contributed by atoms with van der Waals surface area (Å²) in [4.78, 5) is 15.2. The number of esters is 1. The number of fused-ring (bicyclic) bond motifs is 1. The van der Waals surface area contributed by atoms with E-state index in [1.54, 1.807) is 31.2 Å². The summed E-state index contributed by atoms with van der Waals surface area (Å²) in [5.41, 5.74) is 2.01. The van der Waals surface area contributed by atoms with E-state index < -0.39 is 5.97 Å².